The summed E-state index contributed by atoms with van der Waals surface area (Å²) in [6, 6.07) is 10.1. The van der Waals surface area contributed by atoms with Crippen molar-refractivity contribution in [2.45, 2.75) is 70.4 Å². The summed E-state index contributed by atoms with van der Waals surface area (Å²) in [7, 11) is 0. The first-order valence-corrected chi connectivity index (χ1v) is 14.8. The Labute approximate surface area is 244 Å². The van der Waals surface area contributed by atoms with E-state index in [0.29, 0.717) is 28.1 Å². The molecule has 3 heterocycles. The van der Waals surface area contributed by atoms with Gasteiger partial charge in [-0.25, -0.2) is 4.39 Å². The van der Waals surface area contributed by atoms with Crippen molar-refractivity contribution in [3.63, 3.8) is 0 Å². The molecule has 0 unspecified atom stereocenters. The van der Waals surface area contributed by atoms with Crippen molar-refractivity contribution in [3.05, 3.63) is 76.6 Å². The van der Waals surface area contributed by atoms with Crippen LogP contribution in [0.5, 0.6) is 0 Å². The molecule has 6 rings (SSSR count). The van der Waals surface area contributed by atoms with Crippen LogP contribution in [0.1, 0.15) is 44.2 Å². The van der Waals surface area contributed by atoms with Crippen molar-refractivity contribution in [1.82, 2.24) is 10.2 Å². The molecule has 1 spiro atoms. The summed E-state index contributed by atoms with van der Waals surface area (Å²) in [6.45, 7) is 6.32. The number of hydrogen-bond acceptors (Lipinski definition) is 4. The predicted molar refractivity (Wildman–Crippen MR) is 153 cm³/mol. The van der Waals surface area contributed by atoms with Crippen LogP contribution in [0.3, 0.4) is 0 Å². The number of hydrogen-bond donors (Lipinski definition) is 2. The molecule has 1 saturated carbocycles. The first kappa shape index (κ1) is 27.9. The molecule has 2 aromatic rings. The lowest BCUT2D eigenvalue weighted by Gasteiger charge is -2.38. The summed E-state index contributed by atoms with van der Waals surface area (Å²) in [5, 5.41) is 6.68. The van der Waals surface area contributed by atoms with E-state index < -0.39 is 29.6 Å². The molecular weight excluding hydrogens is 545 g/mol. The molecule has 3 amide bonds. The number of fused-ring (bicyclic) bond motifs is 1. The fourth-order valence-corrected chi connectivity index (χ4v) is 7.35. The molecule has 3 fully saturated rings. The molecule has 2 aromatic carbocycles. The SMILES string of the molecule is Cc1ccc(NC(=O)[C@H]2[C@H]3C=C[C@@]4(O3)[C@H]2C(=O)N(Cc2ccc(F)cc2)[C@@H]4C(=O)N[C@@H]2CCC[C@H](C)[C@H]2C)cc1Cl. The maximum absolute atomic E-state index is 14.2. The van der Waals surface area contributed by atoms with Gasteiger partial charge in [0, 0.05) is 23.3 Å². The smallest absolute Gasteiger partial charge is 0.246 e. The van der Waals surface area contributed by atoms with E-state index >= 15 is 0 Å². The van der Waals surface area contributed by atoms with E-state index in [-0.39, 0.29) is 36.1 Å². The van der Waals surface area contributed by atoms with Crippen LogP contribution in [0.25, 0.3) is 0 Å². The minimum atomic E-state index is -1.28. The monoisotopic (exact) mass is 579 g/mol. The van der Waals surface area contributed by atoms with Crippen LogP contribution in [-0.2, 0) is 25.7 Å². The average molecular weight is 580 g/mol. The number of halogens is 2. The van der Waals surface area contributed by atoms with Gasteiger partial charge in [-0.05, 0) is 60.6 Å². The summed E-state index contributed by atoms with van der Waals surface area (Å²) in [4.78, 5) is 43.5. The Morgan fingerprint density at radius 3 is 2.61 bits per heavy atom. The predicted octanol–water partition coefficient (Wildman–Crippen LogP) is 5.02. The fraction of sp³-hybridized carbons (Fsp3) is 0.469. The first-order valence-electron chi connectivity index (χ1n) is 14.4. The number of nitrogens with zero attached hydrogens (tertiary/aromatic N) is 1. The number of nitrogens with one attached hydrogen (secondary N) is 2. The van der Waals surface area contributed by atoms with Crippen LogP contribution in [0, 0.1) is 36.4 Å². The number of likely N-dealkylation sites (tertiary alicyclic amines) is 1. The Kier molecular flexibility index (Phi) is 7.19. The number of amides is 3. The molecule has 9 heteroatoms. The molecule has 216 valence electrons. The minimum absolute atomic E-state index is 0.0163. The van der Waals surface area contributed by atoms with Gasteiger partial charge >= 0.3 is 0 Å². The highest BCUT2D eigenvalue weighted by Crippen LogP contribution is 2.55. The Bertz CT molecular complexity index is 1410. The summed E-state index contributed by atoms with van der Waals surface area (Å²) in [5.41, 5.74) is 0.812. The van der Waals surface area contributed by atoms with Gasteiger partial charge < -0.3 is 20.3 Å². The number of anilines is 1. The van der Waals surface area contributed by atoms with Crippen molar-refractivity contribution in [3.8, 4) is 0 Å². The van der Waals surface area contributed by atoms with Crippen LogP contribution in [0.2, 0.25) is 5.02 Å². The highest BCUT2D eigenvalue weighted by Gasteiger charge is 2.72. The molecule has 7 nitrogen and oxygen atoms in total. The van der Waals surface area contributed by atoms with Gasteiger partial charge in [0.05, 0.1) is 17.9 Å². The summed E-state index contributed by atoms with van der Waals surface area (Å²) in [6.07, 6.45) is 5.97. The number of ether oxygens (including phenoxy) is 1. The number of aryl methyl sites for hydroxylation is 1. The zero-order valence-corrected chi connectivity index (χ0v) is 24.2. The molecule has 2 bridgehead atoms. The first-order chi connectivity index (χ1) is 19.6. The lowest BCUT2D eigenvalue weighted by atomic mass is 9.73. The fourth-order valence-electron chi connectivity index (χ4n) is 7.17. The molecule has 2 saturated heterocycles. The van der Waals surface area contributed by atoms with Gasteiger partial charge in [-0.1, -0.05) is 68.6 Å². The van der Waals surface area contributed by atoms with E-state index in [2.05, 4.69) is 24.5 Å². The Hall–Kier alpha value is -3.23. The number of benzene rings is 2. The maximum atomic E-state index is 14.2. The van der Waals surface area contributed by atoms with Gasteiger partial charge in [-0.15, -0.1) is 0 Å². The van der Waals surface area contributed by atoms with Gasteiger partial charge in [0.25, 0.3) is 0 Å². The molecular formula is C32H35ClFN3O4. The van der Waals surface area contributed by atoms with Crippen LogP contribution in [0.4, 0.5) is 10.1 Å². The molecule has 0 aromatic heterocycles. The second-order valence-corrected chi connectivity index (χ2v) is 12.5. The Morgan fingerprint density at radius 2 is 1.88 bits per heavy atom. The molecule has 41 heavy (non-hydrogen) atoms. The molecule has 1 aliphatic carbocycles. The van der Waals surface area contributed by atoms with E-state index in [1.54, 1.807) is 36.4 Å². The molecule has 4 aliphatic rings. The standard InChI is InChI=1S/C32H35ClFN3O4/c1-17-5-4-6-24(19(17)3)36-30(39)28-32-14-13-25(41-32)26(29(38)35-22-12-7-18(2)23(33)15-22)27(32)31(40)37(28)16-20-8-10-21(34)11-9-20/h7-15,17,19,24-28H,4-6,16H2,1-3H3,(H,35,38)(H,36,39)/t17-,19+,24+,25+,26-,27+,28+,32+/m0/s1. The third-order valence-electron chi connectivity index (χ3n) is 9.67. The molecule has 0 radical (unpaired) electrons. The lowest BCUT2D eigenvalue weighted by Crippen LogP contribution is -2.57. The van der Waals surface area contributed by atoms with Gasteiger partial charge in [0.15, 0.2) is 0 Å². The summed E-state index contributed by atoms with van der Waals surface area (Å²) < 4.78 is 20.1. The highest BCUT2D eigenvalue weighted by molar-refractivity contribution is 6.31. The molecule has 3 aliphatic heterocycles. The average Bonchev–Trinajstić information content (AvgIpc) is 3.58. The van der Waals surface area contributed by atoms with Gasteiger partial charge in [0.2, 0.25) is 17.7 Å². The van der Waals surface area contributed by atoms with Crippen LogP contribution in [-0.4, -0.2) is 46.4 Å². The zero-order valence-electron chi connectivity index (χ0n) is 23.4. The van der Waals surface area contributed by atoms with Crippen molar-refractivity contribution in [2.75, 3.05) is 5.32 Å². The zero-order chi connectivity index (χ0) is 29.1. The Balaban J connectivity index is 1.32. The minimum Gasteiger partial charge on any atom is -0.359 e. The molecule has 2 N–H and O–H groups in total. The van der Waals surface area contributed by atoms with Crippen LogP contribution >= 0.6 is 11.6 Å². The highest BCUT2D eigenvalue weighted by atomic mass is 35.5. The quantitative estimate of drug-likeness (QED) is 0.471. The van der Waals surface area contributed by atoms with Crippen LogP contribution < -0.4 is 10.6 Å². The van der Waals surface area contributed by atoms with Gasteiger partial charge in [-0.2, -0.15) is 0 Å². The van der Waals surface area contributed by atoms with Crippen molar-refractivity contribution >= 4 is 35.0 Å². The maximum Gasteiger partial charge on any atom is 0.246 e. The second-order valence-electron chi connectivity index (χ2n) is 12.1. The summed E-state index contributed by atoms with van der Waals surface area (Å²) in [5.74, 6) is -2.30. The van der Waals surface area contributed by atoms with Gasteiger partial charge in [-0.3, -0.25) is 14.4 Å². The van der Waals surface area contributed by atoms with E-state index in [9.17, 15) is 18.8 Å². The summed E-state index contributed by atoms with van der Waals surface area (Å²) >= 11 is 6.27. The topological polar surface area (TPSA) is 87.7 Å². The number of carbonyl (C=O) groups excluding carboxylic acids is 3. The molecule has 8 atom stereocenters. The van der Waals surface area contributed by atoms with Crippen molar-refractivity contribution in [2.24, 2.45) is 23.7 Å². The Morgan fingerprint density at radius 1 is 1.12 bits per heavy atom. The van der Waals surface area contributed by atoms with Crippen molar-refractivity contribution in [1.29, 1.82) is 0 Å². The third kappa shape index (κ3) is 4.75. The largest absolute Gasteiger partial charge is 0.359 e. The van der Waals surface area contributed by atoms with E-state index in [4.69, 9.17) is 16.3 Å². The second kappa shape index (κ2) is 10.6. The number of carbonyl (C=O) groups is 3. The van der Waals surface area contributed by atoms with Gasteiger partial charge in [0.1, 0.15) is 17.5 Å². The van der Waals surface area contributed by atoms with Crippen molar-refractivity contribution < 1.29 is 23.5 Å². The van der Waals surface area contributed by atoms with Crippen LogP contribution in [0.15, 0.2) is 54.6 Å². The van der Waals surface area contributed by atoms with E-state index in [0.717, 1.165) is 24.8 Å². The van der Waals surface area contributed by atoms with E-state index in [1.807, 2.05) is 13.0 Å². The normalized spacial score (nSPS) is 33.6. The number of rotatable bonds is 6. The lowest BCUT2D eigenvalue weighted by molar-refractivity contribution is -0.142. The third-order valence-corrected chi connectivity index (χ3v) is 10.1. The van der Waals surface area contributed by atoms with E-state index in [1.165, 1.54) is 17.0 Å².